The van der Waals surface area contributed by atoms with Gasteiger partial charge in [-0.25, -0.2) is 0 Å². The number of nitrogens with zero attached hydrogens (tertiary/aromatic N) is 2. The van der Waals surface area contributed by atoms with Crippen LogP contribution in [0.2, 0.25) is 5.02 Å². The molecular formula is C13H10ClF3N2OS. The van der Waals surface area contributed by atoms with E-state index in [4.69, 9.17) is 16.8 Å². The highest BCUT2D eigenvalue weighted by molar-refractivity contribution is 7.14. The SMILES string of the molecule is C/C(=N/O)c1ccc(Cc2ncc(C(F)(F)F)cc2Cl)s1. The molecule has 0 aliphatic heterocycles. The van der Waals surface area contributed by atoms with Gasteiger partial charge < -0.3 is 5.21 Å². The lowest BCUT2D eigenvalue weighted by atomic mass is 10.2. The van der Waals surface area contributed by atoms with Gasteiger partial charge in [-0.2, -0.15) is 13.2 Å². The Bertz CT molecular complexity index is 682. The molecule has 2 heterocycles. The molecule has 2 aromatic rings. The minimum absolute atomic E-state index is 0.0210. The summed E-state index contributed by atoms with van der Waals surface area (Å²) < 4.78 is 37.6. The lowest BCUT2D eigenvalue weighted by molar-refractivity contribution is -0.137. The molecule has 2 aromatic heterocycles. The summed E-state index contributed by atoms with van der Waals surface area (Å²) in [4.78, 5) is 5.43. The molecule has 0 saturated heterocycles. The van der Waals surface area contributed by atoms with E-state index in [1.54, 1.807) is 19.1 Å². The van der Waals surface area contributed by atoms with Crippen LogP contribution in [0.15, 0.2) is 29.6 Å². The minimum atomic E-state index is -4.46. The van der Waals surface area contributed by atoms with Crippen LogP contribution in [0.25, 0.3) is 0 Å². The van der Waals surface area contributed by atoms with E-state index < -0.39 is 11.7 Å². The second-order valence-electron chi connectivity index (χ2n) is 4.28. The van der Waals surface area contributed by atoms with Crippen LogP contribution in [-0.2, 0) is 12.6 Å². The van der Waals surface area contributed by atoms with Gasteiger partial charge in [-0.1, -0.05) is 16.8 Å². The van der Waals surface area contributed by atoms with E-state index in [9.17, 15) is 13.2 Å². The summed E-state index contributed by atoms with van der Waals surface area (Å²) in [6, 6.07) is 4.44. The predicted octanol–water partition coefficient (Wildman–Crippen LogP) is 4.60. The maximum atomic E-state index is 12.5. The second kappa shape index (κ2) is 6.03. The Balaban J connectivity index is 2.22. The van der Waals surface area contributed by atoms with Gasteiger partial charge in [-0.3, -0.25) is 4.98 Å². The van der Waals surface area contributed by atoms with Crippen molar-refractivity contribution in [2.75, 3.05) is 0 Å². The molecule has 0 aliphatic rings. The van der Waals surface area contributed by atoms with Gasteiger partial charge in [0.05, 0.1) is 26.9 Å². The van der Waals surface area contributed by atoms with Gasteiger partial charge in [0.1, 0.15) is 0 Å². The monoisotopic (exact) mass is 334 g/mol. The summed E-state index contributed by atoms with van der Waals surface area (Å²) in [5.74, 6) is 0. The number of aromatic nitrogens is 1. The van der Waals surface area contributed by atoms with Crippen molar-refractivity contribution < 1.29 is 18.4 Å². The lowest BCUT2D eigenvalue weighted by Crippen LogP contribution is -2.06. The van der Waals surface area contributed by atoms with Crippen LogP contribution in [0.3, 0.4) is 0 Å². The standard InChI is InChI=1S/C13H10ClF3N2OS/c1-7(19-20)12-3-2-9(21-12)5-11-10(14)4-8(6-18-11)13(15,16)17/h2-4,6,20H,5H2,1H3/b19-7-. The molecule has 2 rings (SSSR count). The first-order valence-corrected chi connectivity index (χ1v) is 7.00. The second-order valence-corrected chi connectivity index (χ2v) is 5.85. The average Bonchev–Trinajstić information content (AvgIpc) is 2.87. The smallest absolute Gasteiger partial charge is 0.411 e. The molecule has 0 unspecified atom stereocenters. The summed E-state index contributed by atoms with van der Waals surface area (Å²) >= 11 is 7.23. The van der Waals surface area contributed by atoms with Crippen LogP contribution in [-0.4, -0.2) is 15.9 Å². The van der Waals surface area contributed by atoms with E-state index in [2.05, 4.69) is 10.1 Å². The predicted molar refractivity (Wildman–Crippen MR) is 75.4 cm³/mol. The first kappa shape index (κ1) is 15.8. The molecule has 8 heteroatoms. The minimum Gasteiger partial charge on any atom is -0.411 e. The van der Waals surface area contributed by atoms with Gasteiger partial charge in [-0.05, 0) is 25.1 Å². The average molecular weight is 335 g/mol. The molecule has 0 spiro atoms. The maximum Gasteiger partial charge on any atom is 0.417 e. The number of hydrogen-bond acceptors (Lipinski definition) is 4. The van der Waals surface area contributed by atoms with Crippen LogP contribution < -0.4 is 0 Å². The molecule has 0 aliphatic carbocycles. The molecule has 0 fully saturated rings. The van der Waals surface area contributed by atoms with Crippen molar-refractivity contribution in [3.8, 4) is 0 Å². The molecule has 0 radical (unpaired) electrons. The molecule has 1 N–H and O–H groups in total. The van der Waals surface area contributed by atoms with Crippen molar-refractivity contribution in [1.29, 1.82) is 0 Å². The molecule has 0 saturated carbocycles. The zero-order valence-electron chi connectivity index (χ0n) is 10.8. The number of hydrogen-bond donors (Lipinski definition) is 1. The van der Waals surface area contributed by atoms with E-state index in [0.717, 1.165) is 22.0 Å². The number of pyridine rings is 1. The number of rotatable bonds is 3. The number of halogens is 4. The fourth-order valence-electron chi connectivity index (χ4n) is 1.63. The molecule has 21 heavy (non-hydrogen) atoms. The Morgan fingerprint density at radius 2 is 2.14 bits per heavy atom. The van der Waals surface area contributed by atoms with Crippen molar-refractivity contribution >= 4 is 28.6 Å². The third-order valence-electron chi connectivity index (χ3n) is 2.75. The van der Waals surface area contributed by atoms with Gasteiger partial charge >= 0.3 is 6.18 Å². The fraction of sp³-hybridized carbons (Fsp3) is 0.231. The Labute approximate surface area is 127 Å². The highest BCUT2D eigenvalue weighted by Gasteiger charge is 2.31. The van der Waals surface area contributed by atoms with Crippen molar-refractivity contribution in [3.63, 3.8) is 0 Å². The van der Waals surface area contributed by atoms with Crippen LogP contribution in [0.5, 0.6) is 0 Å². The molecule has 0 bridgehead atoms. The van der Waals surface area contributed by atoms with Gasteiger partial charge in [0.15, 0.2) is 0 Å². The van der Waals surface area contributed by atoms with E-state index in [1.165, 1.54) is 11.3 Å². The topological polar surface area (TPSA) is 45.5 Å². The Morgan fingerprint density at radius 1 is 1.43 bits per heavy atom. The van der Waals surface area contributed by atoms with Crippen LogP contribution >= 0.6 is 22.9 Å². The van der Waals surface area contributed by atoms with Gasteiger partial charge in [0.25, 0.3) is 0 Å². The number of oxime groups is 1. The molecule has 0 aromatic carbocycles. The third kappa shape index (κ3) is 3.74. The van der Waals surface area contributed by atoms with Crippen molar-refractivity contribution in [1.82, 2.24) is 4.98 Å². The number of alkyl halides is 3. The Kier molecular flexibility index (Phi) is 4.53. The molecule has 0 atom stereocenters. The highest BCUT2D eigenvalue weighted by Crippen LogP contribution is 2.32. The Hall–Kier alpha value is -1.60. The quantitative estimate of drug-likeness (QED) is 0.506. The van der Waals surface area contributed by atoms with Crippen molar-refractivity contribution in [3.05, 3.63) is 50.4 Å². The molecular weight excluding hydrogens is 325 g/mol. The number of thiophene rings is 1. The van der Waals surface area contributed by atoms with Crippen LogP contribution in [0, 0.1) is 0 Å². The van der Waals surface area contributed by atoms with E-state index >= 15 is 0 Å². The first-order chi connectivity index (χ1) is 9.81. The zero-order valence-corrected chi connectivity index (χ0v) is 12.4. The summed E-state index contributed by atoms with van der Waals surface area (Å²) in [7, 11) is 0. The third-order valence-corrected chi connectivity index (χ3v) is 4.28. The van der Waals surface area contributed by atoms with E-state index in [1.807, 2.05) is 0 Å². The highest BCUT2D eigenvalue weighted by atomic mass is 35.5. The van der Waals surface area contributed by atoms with Gasteiger partial charge in [-0.15, -0.1) is 11.3 Å². The zero-order chi connectivity index (χ0) is 15.6. The van der Waals surface area contributed by atoms with Crippen molar-refractivity contribution in [2.45, 2.75) is 19.5 Å². The van der Waals surface area contributed by atoms with Gasteiger partial charge in [0.2, 0.25) is 0 Å². The lowest BCUT2D eigenvalue weighted by Gasteiger charge is -2.08. The van der Waals surface area contributed by atoms with E-state index in [-0.39, 0.29) is 5.02 Å². The van der Waals surface area contributed by atoms with Gasteiger partial charge in [0, 0.05) is 17.5 Å². The first-order valence-electron chi connectivity index (χ1n) is 5.80. The summed E-state index contributed by atoms with van der Waals surface area (Å²) in [6.45, 7) is 1.65. The van der Waals surface area contributed by atoms with Crippen molar-refractivity contribution in [2.24, 2.45) is 5.16 Å². The summed E-state index contributed by atoms with van der Waals surface area (Å²) in [5.41, 5.74) is -0.0271. The van der Waals surface area contributed by atoms with Crippen LogP contribution in [0.1, 0.15) is 27.9 Å². The summed E-state index contributed by atoms with van der Waals surface area (Å²) in [6.07, 6.45) is -3.36. The summed E-state index contributed by atoms with van der Waals surface area (Å²) in [5, 5.41) is 11.8. The fourth-order valence-corrected chi connectivity index (χ4v) is 2.82. The molecule has 0 amide bonds. The maximum absolute atomic E-state index is 12.5. The normalized spacial score (nSPS) is 12.7. The molecule has 112 valence electrons. The largest absolute Gasteiger partial charge is 0.417 e. The Morgan fingerprint density at radius 3 is 2.71 bits per heavy atom. The van der Waals surface area contributed by atoms with E-state index in [0.29, 0.717) is 17.8 Å². The molecule has 3 nitrogen and oxygen atoms in total. The van der Waals surface area contributed by atoms with Crippen LogP contribution in [0.4, 0.5) is 13.2 Å².